The van der Waals surface area contributed by atoms with Crippen molar-refractivity contribution in [1.82, 2.24) is 0 Å². The molecule has 0 unspecified atom stereocenters. The third-order valence-corrected chi connectivity index (χ3v) is 4.67. The Labute approximate surface area is 165 Å². The van der Waals surface area contributed by atoms with Crippen LogP contribution in [0.3, 0.4) is 0 Å². The monoisotopic (exact) mass is 370 g/mol. The number of hydrogen-bond donors (Lipinski definition) is 2. The molecule has 2 N–H and O–H groups in total. The molecule has 0 aromatic heterocycles. The number of aliphatic hydroxyl groups is 2. The summed E-state index contributed by atoms with van der Waals surface area (Å²) < 4.78 is 0. The van der Waals surface area contributed by atoms with E-state index in [0.717, 1.165) is 6.42 Å². The summed E-state index contributed by atoms with van der Waals surface area (Å²) in [5.74, 6) is 0. The molecule has 0 fully saturated rings. The van der Waals surface area contributed by atoms with Gasteiger partial charge < -0.3 is 10.2 Å². The molecule has 0 aromatic rings. The fourth-order valence-corrected chi connectivity index (χ4v) is 3.07. The molecule has 158 valence electrons. The van der Waals surface area contributed by atoms with Crippen molar-refractivity contribution in [2.24, 2.45) is 0 Å². The van der Waals surface area contributed by atoms with Crippen molar-refractivity contribution in [3.05, 3.63) is 12.2 Å². The number of allylic oxidation sites excluding steroid dienone is 2. The smallest absolute Gasteiger partial charge is 0.0431 e. The Bertz CT molecular complexity index is 238. The molecule has 0 saturated carbocycles. The van der Waals surface area contributed by atoms with Gasteiger partial charge in [0.05, 0.1) is 0 Å². The van der Waals surface area contributed by atoms with Crippen LogP contribution in [0.15, 0.2) is 12.2 Å². The number of hydrogen-bond acceptors (Lipinski definition) is 2. The van der Waals surface area contributed by atoms with Gasteiger partial charge in [-0.2, -0.15) is 0 Å². The Hall–Kier alpha value is -0.340. The number of unbranched alkanes of at least 4 members (excludes halogenated alkanes) is 16. The van der Waals surface area contributed by atoms with E-state index >= 15 is 0 Å². The van der Waals surface area contributed by atoms with Crippen LogP contribution in [0, 0.1) is 0 Å². The van der Waals surface area contributed by atoms with Crippen LogP contribution in [0.2, 0.25) is 0 Å². The van der Waals surface area contributed by atoms with E-state index in [1.54, 1.807) is 6.92 Å². The maximum Gasteiger partial charge on any atom is 0.0431 e. The van der Waals surface area contributed by atoms with E-state index < -0.39 is 0 Å². The SMILES string of the molecule is CCCCCCCC/C=C/CCCCCCCCCCCCO.CCO. The average molecular weight is 371 g/mol. The standard InChI is InChI=1S/C22H44O.C2H6O/c1-2-3-4-5-6-7-8-9-10-11-12-13-14-15-16-17-18-19-20-21-22-23;1-2-3/h9-10,23H,2-8,11-22H2,1H3;3H,2H2,1H3/b10-9+;. The molecule has 0 rings (SSSR count). The normalized spacial score (nSPS) is 10.9. The number of rotatable bonds is 19. The topological polar surface area (TPSA) is 40.5 Å². The van der Waals surface area contributed by atoms with Gasteiger partial charge in [0.25, 0.3) is 0 Å². The molecule has 0 atom stereocenters. The van der Waals surface area contributed by atoms with Gasteiger partial charge in [-0.15, -0.1) is 0 Å². The van der Waals surface area contributed by atoms with E-state index in [1.165, 1.54) is 109 Å². The zero-order valence-corrected chi connectivity index (χ0v) is 18.2. The molecule has 2 nitrogen and oxygen atoms in total. The van der Waals surface area contributed by atoms with Crippen LogP contribution in [0.5, 0.6) is 0 Å². The molecule has 0 amide bonds. The molecule has 0 aliphatic heterocycles. The zero-order chi connectivity index (χ0) is 19.6. The predicted molar refractivity (Wildman–Crippen MR) is 118 cm³/mol. The quantitative estimate of drug-likeness (QED) is 0.182. The highest BCUT2D eigenvalue weighted by Gasteiger charge is 1.93. The third-order valence-electron chi connectivity index (χ3n) is 4.67. The van der Waals surface area contributed by atoms with Crippen molar-refractivity contribution in [2.45, 2.75) is 129 Å². The first-order valence-corrected chi connectivity index (χ1v) is 11.7. The lowest BCUT2D eigenvalue weighted by Crippen LogP contribution is -1.84. The predicted octanol–water partition coefficient (Wildman–Crippen LogP) is 7.58. The zero-order valence-electron chi connectivity index (χ0n) is 18.2. The van der Waals surface area contributed by atoms with Crippen LogP contribution >= 0.6 is 0 Å². The summed E-state index contributed by atoms with van der Waals surface area (Å²) in [4.78, 5) is 0. The summed E-state index contributed by atoms with van der Waals surface area (Å²) in [5.41, 5.74) is 0. The molecule has 26 heavy (non-hydrogen) atoms. The Balaban J connectivity index is 0. The summed E-state index contributed by atoms with van der Waals surface area (Å²) >= 11 is 0. The van der Waals surface area contributed by atoms with Crippen molar-refractivity contribution in [3.8, 4) is 0 Å². The highest BCUT2D eigenvalue weighted by atomic mass is 16.3. The fourth-order valence-electron chi connectivity index (χ4n) is 3.07. The highest BCUT2D eigenvalue weighted by molar-refractivity contribution is 4.81. The minimum atomic E-state index is 0.250. The Kier molecular flexibility index (Phi) is 31.5. The van der Waals surface area contributed by atoms with Crippen molar-refractivity contribution in [2.75, 3.05) is 13.2 Å². The van der Waals surface area contributed by atoms with Gasteiger partial charge in [-0.05, 0) is 39.0 Å². The molecule has 0 saturated heterocycles. The molecule has 0 spiro atoms. The van der Waals surface area contributed by atoms with Crippen LogP contribution in [0.25, 0.3) is 0 Å². The lowest BCUT2D eigenvalue weighted by atomic mass is 10.1. The molecule has 0 bridgehead atoms. The van der Waals surface area contributed by atoms with Crippen LogP contribution < -0.4 is 0 Å². The van der Waals surface area contributed by atoms with Gasteiger partial charge in [-0.25, -0.2) is 0 Å². The molecular formula is C24H50O2. The lowest BCUT2D eigenvalue weighted by molar-refractivity contribution is 0.282. The van der Waals surface area contributed by atoms with Crippen LogP contribution in [-0.2, 0) is 0 Å². The second kappa shape index (κ2) is 29.4. The first kappa shape index (κ1) is 27.9. The summed E-state index contributed by atoms with van der Waals surface area (Å²) in [6.45, 7) is 4.58. The molecule has 0 aliphatic rings. The molecule has 2 heteroatoms. The van der Waals surface area contributed by atoms with E-state index in [1.807, 2.05) is 0 Å². The third kappa shape index (κ3) is 31.4. The molecule has 0 aliphatic carbocycles. The maximum atomic E-state index is 8.71. The highest BCUT2D eigenvalue weighted by Crippen LogP contribution is 2.12. The molecule has 0 radical (unpaired) electrons. The summed E-state index contributed by atoms with van der Waals surface area (Å²) in [6, 6.07) is 0. The van der Waals surface area contributed by atoms with E-state index in [4.69, 9.17) is 10.2 Å². The summed E-state index contributed by atoms with van der Waals surface area (Å²) in [6.07, 6.45) is 29.1. The Morgan fingerprint density at radius 1 is 0.462 bits per heavy atom. The van der Waals surface area contributed by atoms with Gasteiger partial charge in [-0.3, -0.25) is 0 Å². The molecular weight excluding hydrogens is 320 g/mol. The lowest BCUT2D eigenvalue weighted by Gasteiger charge is -2.01. The van der Waals surface area contributed by atoms with Crippen LogP contribution in [0.1, 0.15) is 129 Å². The van der Waals surface area contributed by atoms with Crippen molar-refractivity contribution >= 4 is 0 Å². The van der Waals surface area contributed by atoms with Crippen molar-refractivity contribution in [3.63, 3.8) is 0 Å². The molecule has 0 aromatic carbocycles. The van der Waals surface area contributed by atoms with E-state index in [2.05, 4.69) is 19.1 Å². The van der Waals surface area contributed by atoms with Crippen LogP contribution in [-0.4, -0.2) is 23.4 Å². The van der Waals surface area contributed by atoms with Gasteiger partial charge in [0.1, 0.15) is 0 Å². The van der Waals surface area contributed by atoms with Crippen molar-refractivity contribution in [1.29, 1.82) is 0 Å². The fraction of sp³-hybridized carbons (Fsp3) is 0.917. The van der Waals surface area contributed by atoms with Crippen LogP contribution in [0.4, 0.5) is 0 Å². The second-order valence-corrected chi connectivity index (χ2v) is 7.39. The minimum Gasteiger partial charge on any atom is -0.397 e. The van der Waals surface area contributed by atoms with E-state index in [-0.39, 0.29) is 6.61 Å². The summed E-state index contributed by atoms with van der Waals surface area (Å²) in [7, 11) is 0. The van der Waals surface area contributed by atoms with E-state index in [9.17, 15) is 0 Å². The van der Waals surface area contributed by atoms with Gasteiger partial charge >= 0.3 is 0 Å². The Morgan fingerprint density at radius 3 is 1.12 bits per heavy atom. The minimum absolute atomic E-state index is 0.250. The van der Waals surface area contributed by atoms with Gasteiger partial charge in [0, 0.05) is 13.2 Å². The van der Waals surface area contributed by atoms with Crippen molar-refractivity contribution < 1.29 is 10.2 Å². The molecule has 0 heterocycles. The van der Waals surface area contributed by atoms with E-state index in [0.29, 0.717) is 6.61 Å². The maximum absolute atomic E-state index is 8.71. The average Bonchev–Trinajstić information content (AvgIpc) is 2.64. The van der Waals surface area contributed by atoms with Gasteiger partial charge in [-0.1, -0.05) is 103 Å². The second-order valence-electron chi connectivity index (χ2n) is 7.39. The van der Waals surface area contributed by atoms with Gasteiger partial charge in [0.15, 0.2) is 0 Å². The number of aliphatic hydroxyl groups excluding tert-OH is 2. The Morgan fingerprint density at radius 2 is 0.769 bits per heavy atom. The first-order valence-electron chi connectivity index (χ1n) is 11.7. The largest absolute Gasteiger partial charge is 0.397 e. The van der Waals surface area contributed by atoms with Gasteiger partial charge in [0.2, 0.25) is 0 Å². The first-order chi connectivity index (χ1) is 12.8. The summed E-state index contributed by atoms with van der Waals surface area (Å²) in [5, 5.41) is 16.3.